The molecule has 33 heavy (non-hydrogen) atoms. The molecule has 0 radical (unpaired) electrons. The first-order valence-electron chi connectivity index (χ1n) is 10.3. The first kappa shape index (κ1) is 22.9. The van der Waals surface area contributed by atoms with E-state index < -0.39 is 5.97 Å². The standard InChI is InChI=1S/C26H22Cl2N2O3/c1-16-24(18-7-5-4-6-8-18)25(33-26(31)19-9-12-21(32-3)13-10-19)30(29-16)17(2)20-11-14-22(27)23(28)15-20/h4-15,17H,1-3H3. The van der Waals surface area contributed by atoms with Crippen molar-refractivity contribution in [2.75, 3.05) is 7.11 Å². The molecule has 5 nitrogen and oxygen atoms in total. The highest BCUT2D eigenvalue weighted by Crippen LogP contribution is 2.38. The molecule has 1 atom stereocenters. The van der Waals surface area contributed by atoms with Crippen molar-refractivity contribution in [1.82, 2.24) is 9.78 Å². The lowest BCUT2D eigenvalue weighted by atomic mass is 10.1. The molecule has 0 spiro atoms. The van der Waals surface area contributed by atoms with Crippen molar-refractivity contribution in [1.29, 1.82) is 0 Å². The van der Waals surface area contributed by atoms with Crippen LogP contribution in [0.15, 0.2) is 72.8 Å². The molecule has 0 fully saturated rings. The highest BCUT2D eigenvalue weighted by Gasteiger charge is 2.25. The third-order valence-electron chi connectivity index (χ3n) is 5.41. The van der Waals surface area contributed by atoms with Crippen LogP contribution in [0, 0.1) is 6.92 Å². The number of benzene rings is 3. The van der Waals surface area contributed by atoms with Gasteiger partial charge in [-0.15, -0.1) is 0 Å². The Hall–Kier alpha value is -3.28. The summed E-state index contributed by atoms with van der Waals surface area (Å²) in [6, 6.07) is 21.6. The Morgan fingerprint density at radius 1 is 0.970 bits per heavy atom. The van der Waals surface area contributed by atoms with Crippen LogP contribution in [0.25, 0.3) is 11.1 Å². The van der Waals surface area contributed by atoms with Crippen LogP contribution in [-0.4, -0.2) is 22.9 Å². The van der Waals surface area contributed by atoms with Crippen molar-refractivity contribution in [3.05, 3.63) is 99.7 Å². The third-order valence-corrected chi connectivity index (χ3v) is 6.15. The van der Waals surface area contributed by atoms with Gasteiger partial charge < -0.3 is 9.47 Å². The third kappa shape index (κ3) is 4.75. The maximum Gasteiger partial charge on any atom is 0.344 e. The van der Waals surface area contributed by atoms with Gasteiger partial charge in [-0.3, -0.25) is 0 Å². The van der Waals surface area contributed by atoms with Crippen molar-refractivity contribution >= 4 is 29.2 Å². The fourth-order valence-corrected chi connectivity index (χ4v) is 3.92. The maximum atomic E-state index is 13.1. The van der Waals surface area contributed by atoms with Crippen LogP contribution in [0.1, 0.15) is 34.6 Å². The van der Waals surface area contributed by atoms with E-state index >= 15 is 0 Å². The molecule has 0 N–H and O–H groups in total. The van der Waals surface area contributed by atoms with E-state index in [0.717, 1.165) is 22.4 Å². The van der Waals surface area contributed by atoms with Gasteiger partial charge in [0.25, 0.3) is 0 Å². The number of aryl methyl sites for hydroxylation is 1. The quantitative estimate of drug-likeness (QED) is 0.278. The number of halogens is 2. The number of rotatable bonds is 6. The van der Waals surface area contributed by atoms with Crippen LogP contribution in [0.2, 0.25) is 10.0 Å². The maximum absolute atomic E-state index is 13.1. The van der Waals surface area contributed by atoms with E-state index in [1.54, 1.807) is 48.2 Å². The molecular formula is C26H22Cl2N2O3. The normalized spacial score (nSPS) is 11.8. The zero-order valence-electron chi connectivity index (χ0n) is 18.4. The second-order valence-corrected chi connectivity index (χ2v) is 8.36. The number of methoxy groups -OCH3 is 1. The van der Waals surface area contributed by atoms with Crippen molar-refractivity contribution < 1.29 is 14.3 Å². The molecule has 0 bridgehead atoms. The van der Waals surface area contributed by atoms with E-state index in [9.17, 15) is 4.79 Å². The smallest absolute Gasteiger partial charge is 0.344 e. The molecule has 1 aromatic heterocycles. The summed E-state index contributed by atoms with van der Waals surface area (Å²) < 4.78 is 12.9. The van der Waals surface area contributed by atoms with Crippen LogP contribution >= 0.6 is 23.2 Å². The number of carbonyl (C=O) groups is 1. The topological polar surface area (TPSA) is 53.4 Å². The number of carbonyl (C=O) groups excluding carboxylic acids is 1. The Balaban J connectivity index is 1.79. The SMILES string of the molecule is COc1ccc(C(=O)Oc2c(-c3ccccc3)c(C)nn2C(C)c2ccc(Cl)c(Cl)c2)cc1. The molecular weight excluding hydrogens is 459 g/mol. The second-order valence-electron chi connectivity index (χ2n) is 7.54. The van der Waals surface area contributed by atoms with Gasteiger partial charge in [-0.1, -0.05) is 59.6 Å². The molecule has 168 valence electrons. The molecule has 0 amide bonds. The molecule has 4 aromatic rings. The number of esters is 1. The van der Waals surface area contributed by atoms with Crippen LogP contribution in [0.5, 0.6) is 11.6 Å². The molecule has 3 aromatic carbocycles. The van der Waals surface area contributed by atoms with Gasteiger partial charge >= 0.3 is 5.97 Å². The zero-order chi connectivity index (χ0) is 23.5. The van der Waals surface area contributed by atoms with Crippen molar-refractivity contribution in [3.63, 3.8) is 0 Å². The molecule has 0 aliphatic heterocycles. The van der Waals surface area contributed by atoms with Gasteiger partial charge in [0.05, 0.1) is 40.0 Å². The molecule has 0 aliphatic rings. The first-order chi connectivity index (χ1) is 15.9. The van der Waals surface area contributed by atoms with E-state index in [-0.39, 0.29) is 6.04 Å². The number of aromatic nitrogens is 2. The Bertz CT molecular complexity index is 1290. The molecule has 7 heteroatoms. The number of hydrogen-bond donors (Lipinski definition) is 0. The summed E-state index contributed by atoms with van der Waals surface area (Å²) in [7, 11) is 1.57. The predicted octanol–water partition coefficient (Wildman–Crippen LogP) is 7.00. The highest BCUT2D eigenvalue weighted by atomic mass is 35.5. The van der Waals surface area contributed by atoms with E-state index in [1.807, 2.05) is 50.2 Å². The van der Waals surface area contributed by atoms with E-state index in [0.29, 0.717) is 27.2 Å². The van der Waals surface area contributed by atoms with Crippen LogP contribution < -0.4 is 9.47 Å². The summed E-state index contributed by atoms with van der Waals surface area (Å²) in [6.45, 7) is 3.86. The van der Waals surface area contributed by atoms with Crippen LogP contribution in [-0.2, 0) is 0 Å². The Morgan fingerprint density at radius 3 is 2.30 bits per heavy atom. The number of ether oxygens (including phenoxy) is 2. The summed E-state index contributed by atoms with van der Waals surface area (Å²) in [4.78, 5) is 13.1. The minimum absolute atomic E-state index is 0.269. The molecule has 0 saturated heterocycles. The summed E-state index contributed by atoms with van der Waals surface area (Å²) in [6.07, 6.45) is 0. The molecule has 0 aliphatic carbocycles. The minimum atomic E-state index is -0.489. The fourth-order valence-electron chi connectivity index (χ4n) is 3.61. The molecule has 1 unspecified atom stereocenters. The lowest BCUT2D eigenvalue weighted by Crippen LogP contribution is -2.16. The summed E-state index contributed by atoms with van der Waals surface area (Å²) in [5, 5.41) is 5.65. The largest absolute Gasteiger partial charge is 0.497 e. The van der Waals surface area contributed by atoms with Gasteiger partial charge in [0.2, 0.25) is 5.88 Å². The lowest BCUT2D eigenvalue weighted by molar-refractivity contribution is 0.0717. The van der Waals surface area contributed by atoms with Crippen molar-refractivity contribution in [2.24, 2.45) is 0 Å². The van der Waals surface area contributed by atoms with Crippen molar-refractivity contribution in [2.45, 2.75) is 19.9 Å². The highest BCUT2D eigenvalue weighted by molar-refractivity contribution is 6.42. The lowest BCUT2D eigenvalue weighted by Gasteiger charge is -2.17. The summed E-state index contributed by atoms with van der Waals surface area (Å²) >= 11 is 12.3. The number of nitrogens with zero attached hydrogens (tertiary/aromatic N) is 2. The van der Waals surface area contributed by atoms with Gasteiger partial charge in [-0.05, 0) is 61.4 Å². The van der Waals surface area contributed by atoms with E-state index in [1.165, 1.54) is 0 Å². The van der Waals surface area contributed by atoms with Gasteiger partial charge in [0.15, 0.2) is 0 Å². The Kier molecular flexibility index (Phi) is 6.72. The summed E-state index contributed by atoms with van der Waals surface area (Å²) in [5.74, 6) is 0.529. The fraction of sp³-hybridized carbons (Fsp3) is 0.154. The Morgan fingerprint density at radius 2 is 1.67 bits per heavy atom. The van der Waals surface area contributed by atoms with E-state index in [2.05, 4.69) is 0 Å². The zero-order valence-corrected chi connectivity index (χ0v) is 19.9. The minimum Gasteiger partial charge on any atom is -0.497 e. The van der Waals surface area contributed by atoms with E-state index in [4.69, 9.17) is 37.8 Å². The monoisotopic (exact) mass is 480 g/mol. The first-order valence-corrected chi connectivity index (χ1v) is 11.1. The second kappa shape index (κ2) is 9.69. The van der Waals surface area contributed by atoms with Crippen LogP contribution in [0.4, 0.5) is 0 Å². The van der Waals surface area contributed by atoms with Gasteiger partial charge in [0.1, 0.15) is 5.75 Å². The molecule has 1 heterocycles. The van der Waals surface area contributed by atoms with Gasteiger partial charge in [-0.25, -0.2) is 9.48 Å². The Labute approximate surface area is 202 Å². The molecule has 4 rings (SSSR count). The molecule has 0 saturated carbocycles. The van der Waals surface area contributed by atoms with Crippen LogP contribution in [0.3, 0.4) is 0 Å². The average Bonchev–Trinajstić information content (AvgIpc) is 3.16. The average molecular weight is 481 g/mol. The summed E-state index contributed by atoms with van der Waals surface area (Å²) in [5.41, 5.74) is 3.69. The predicted molar refractivity (Wildman–Crippen MR) is 131 cm³/mol. The van der Waals surface area contributed by atoms with Crippen molar-refractivity contribution in [3.8, 4) is 22.8 Å². The number of hydrogen-bond acceptors (Lipinski definition) is 4. The van der Waals surface area contributed by atoms with Gasteiger partial charge in [-0.2, -0.15) is 5.10 Å². The van der Waals surface area contributed by atoms with Gasteiger partial charge in [0, 0.05) is 0 Å².